The molecule has 0 aliphatic carbocycles. The summed E-state index contributed by atoms with van der Waals surface area (Å²) in [6.07, 6.45) is 3.50. The van der Waals surface area contributed by atoms with Crippen LogP contribution in [0, 0.1) is 5.82 Å². The van der Waals surface area contributed by atoms with Crippen molar-refractivity contribution >= 4 is 27.7 Å². The van der Waals surface area contributed by atoms with Crippen molar-refractivity contribution in [3.05, 3.63) is 34.1 Å². The highest BCUT2D eigenvalue weighted by atomic mass is 79.9. The second-order valence-electron chi connectivity index (χ2n) is 5.06. The smallest absolute Gasteiger partial charge is 0.137 e. The third-order valence-electron chi connectivity index (χ3n) is 3.76. The molecule has 0 saturated carbocycles. The van der Waals surface area contributed by atoms with E-state index in [1.165, 1.54) is 30.2 Å². The lowest BCUT2D eigenvalue weighted by molar-refractivity contribution is 0.424. The van der Waals surface area contributed by atoms with Gasteiger partial charge < -0.3 is 5.32 Å². The van der Waals surface area contributed by atoms with E-state index in [2.05, 4.69) is 39.9 Å². The molecule has 1 N–H and O–H groups in total. The summed E-state index contributed by atoms with van der Waals surface area (Å²) in [6.45, 7) is 2.34. The van der Waals surface area contributed by atoms with Crippen LogP contribution >= 0.6 is 27.7 Å². The molecule has 4 heteroatoms. The van der Waals surface area contributed by atoms with Gasteiger partial charge in [0.2, 0.25) is 0 Å². The number of thioether (sulfide) groups is 1. The fraction of sp³-hybridized carbons (Fsp3) is 0.571. The summed E-state index contributed by atoms with van der Waals surface area (Å²) >= 11 is 5.31. The second kappa shape index (κ2) is 5.93. The first kappa shape index (κ1) is 14.4. The molecule has 1 aliphatic rings. The lowest BCUT2D eigenvalue weighted by Crippen LogP contribution is -2.45. The Bertz CT molecular complexity index is 418. The van der Waals surface area contributed by atoms with Crippen LogP contribution in [0.15, 0.2) is 22.7 Å². The molecule has 1 aliphatic heterocycles. The Labute approximate surface area is 121 Å². The monoisotopic (exact) mass is 331 g/mol. The van der Waals surface area contributed by atoms with Crippen LogP contribution in [0.3, 0.4) is 0 Å². The van der Waals surface area contributed by atoms with E-state index >= 15 is 0 Å². The predicted octanol–water partition coefficient (Wildman–Crippen LogP) is 4.00. The zero-order valence-electron chi connectivity index (χ0n) is 10.8. The normalized spacial score (nSPS) is 25.3. The summed E-state index contributed by atoms with van der Waals surface area (Å²) in [7, 11) is 2.02. The van der Waals surface area contributed by atoms with E-state index in [-0.39, 0.29) is 5.82 Å². The van der Waals surface area contributed by atoms with Gasteiger partial charge in [0.05, 0.1) is 4.47 Å². The molecule has 100 valence electrons. The molecule has 2 atom stereocenters. The quantitative estimate of drug-likeness (QED) is 0.894. The van der Waals surface area contributed by atoms with Crippen molar-refractivity contribution in [3.63, 3.8) is 0 Å². The van der Waals surface area contributed by atoms with Crippen LogP contribution in [0.5, 0.6) is 0 Å². The fourth-order valence-corrected chi connectivity index (χ4v) is 4.47. The van der Waals surface area contributed by atoms with Crippen molar-refractivity contribution in [2.24, 2.45) is 0 Å². The van der Waals surface area contributed by atoms with E-state index in [1.54, 1.807) is 0 Å². The first-order valence-electron chi connectivity index (χ1n) is 6.30. The molecule has 0 spiro atoms. The third-order valence-corrected chi connectivity index (χ3v) is 6.01. The number of rotatable bonds is 4. The molecule has 1 heterocycles. The van der Waals surface area contributed by atoms with Crippen LogP contribution in [0.2, 0.25) is 0 Å². The Morgan fingerprint density at radius 2 is 2.33 bits per heavy atom. The molecular formula is C14H19BrFNS. The van der Waals surface area contributed by atoms with Crippen LogP contribution < -0.4 is 5.32 Å². The van der Waals surface area contributed by atoms with E-state index in [4.69, 9.17) is 0 Å². The molecule has 1 fully saturated rings. The summed E-state index contributed by atoms with van der Waals surface area (Å²) in [4.78, 5) is 0. The topological polar surface area (TPSA) is 12.0 Å². The summed E-state index contributed by atoms with van der Waals surface area (Å²) in [6, 6.07) is 5.74. The maximum Gasteiger partial charge on any atom is 0.137 e. The Morgan fingerprint density at radius 3 is 2.89 bits per heavy atom. The Balaban J connectivity index is 2.12. The molecule has 1 nitrogen and oxygen atoms in total. The maximum atomic E-state index is 13.2. The largest absolute Gasteiger partial charge is 0.315 e. The van der Waals surface area contributed by atoms with E-state index in [0.717, 1.165) is 6.42 Å². The minimum atomic E-state index is -0.193. The average molecular weight is 332 g/mol. The van der Waals surface area contributed by atoms with Gasteiger partial charge in [0, 0.05) is 10.8 Å². The molecule has 2 rings (SSSR count). The Hall–Kier alpha value is -0.0600. The summed E-state index contributed by atoms with van der Waals surface area (Å²) in [5, 5.41) is 3.44. The number of nitrogens with one attached hydrogen (secondary N) is 1. The molecule has 2 unspecified atom stereocenters. The summed E-state index contributed by atoms with van der Waals surface area (Å²) < 4.78 is 14.1. The van der Waals surface area contributed by atoms with Crippen molar-refractivity contribution in [2.45, 2.75) is 37.0 Å². The number of hydrogen-bond donors (Lipinski definition) is 1. The molecule has 0 bridgehead atoms. The molecule has 1 saturated heterocycles. The van der Waals surface area contributed by atoms with Crippen LogP contribution in [0.4, 0.5) is 4.39 Å². The van der Waals surface area contributed by atoms with Gasteiger partial charge in [0.15, 0.2) is 0 Å². The van der Waals surface area contributed by atoms with Crippen molar-refractivity contribution < 1.29 is 4.39 Å². The van der Waals surface area contributed by atoms with Gasteiger partial charge in [-0.1, -0.05) is 6.07 Å². The summed E-state index contributed by atoms with van der Waals surface area (Å²) in [5.74, 6) is 1.06. The lowest BCUT2D eigenvalue weighted by atomic mass is 9.91. The van der Waals surface area contributed by atoms with Crippen molar-refractivity contribution in [1.29, 1.82) is 0 Å². The van der Waals surface area contributed by atoms with Crippen molar-refractivity contribution in [2.75, 3.05) is 12.8 Å². The minimum absolute atomic E-state index is 0.193. The third kappa shape index (κ3) is 3.09. The highest BCUT2D eigenvalue weighted by molar-refractivity contribution is 9.10. The van der Waals surface area contributed by atoms with Gasteiger partial charge in [-0.05, 0) is 72.6 Å². The highest BCUT2D eigenvalue weighted by Gasteiger charge is 2.36. The number of hydrogen-bond acceptors (Lipinski definition) is 2. The van der Waals surface area contributed by atoms with Gasteiger partial charge in [-0.2, -0.15) is 11.8 Å². The van der Waals surface area contributed by atoms with E-state index in [9.17, 15) is 4.39 Å². The molecule has 0 aromatic heterocycles. The van der Waals surface area contributed by atoms with E-state index in [0.29, 0.717) is 15.3 Å². The summed E-state index contributed by atoms with van der Waals surface area (Å²) in [5.41, 5.74) is 1.18. The highest BCUT2D eigenvalue weighted by Crippen LogP contribution is 2.41. The zero-order valence-corrected chi connectivity index (χ0v) is 13.2. The standard InChI is InChI=1S/C14H19BrFNS/c1-14(6-3-7-18-14)13(17-2)9-10-4-5-12(16)11(15)8-10/h4-5,8,13,17H,3,6-7,9H2,1-2H3. The van der Waals surface area contributed by atoms with Gasteiger partial charge in [-0.3, -0.25) is 0 Å². The van der Waals surface area contributed by atoms with Crippen LogP contribution in [-0.2, 0) is 6.42 Å². The Kier molecular flexibility index (Phi) is 4.73. The lowest BCUT2D eigenvalue weighted by Gasteiger charge is -2.33. The molecular weight excluding hydrogens is 313 g/mol. The van der Waals surface area contributed by atoms with Crippen molar-refractivity contribution in [3.8, 4) is 0 Å². The number of halogens is 2. The van der Waals surface area contributed by atoms with Gasteiger partial charge in [0.25, 0.3) is 0 Å². The van der Waals surface area contributed by atoms with Crippen molar-refractivity contribution in [1.82, 2.24) is 5.32 Å². The van der Waals surface area contributed by atoms with Crippen LogP contribution in [0.25, 0.3) is 0 Å². The molecule has 0 amide bonds. The van der Waals surface area contributed by atoms with Gasteiger partial charge >= 0.3 is 0 Å². The number of likely N-dealkylation sites (N-methyl/N-ethyl adjacent to an activating group) is 1. The van der Waals surface area contributed by atoms with Crippen LogP contribution in [-0.4, -0.2) is 23.6 Å². The SMILES string of the molecule is CNC(Cc1ccc(F)c(Br)c1)C1(C)CCCS1. The van der Waals surface area contributed by atoms with Gasteiger partial charge in [0.1, 0.15) is 5.82 Å². The van der Waals surface area contributed by atoms with Crippen LogP contribution in [0.1, 0.15) is 25.3 Å². The minimum Gasteiger partial charge on any atom is -0.315 e. The van der Waals surface area contributed by atoms with E-state index < -0.39 is 0 Å². The van der Waals surface area contributed by atoms with Gasteiger partial charge in [-0.15, -0.1) is 0 Å². The Morgan fingerprint density at radius 1 is 1.56 bits per heavy atom. The fourth-order valence-electron chi connectivity index (χ4n) is 2.60. The predicted molar refractivity (Wildman–Crippen MR) is 80.7 cm³/mol. The average Bonchev–Trinajstić information content (AvgIpc) is 2.78. The molecule has 18 heavy (non-hydrogen) atoms. The van der Waals surface area contributed by atoms with E-state index in [1.807, 2.05) is 19.2 Å². The maximum absolute atomic E-state index is 13.2. The first-order valence-corrected chi connectivity index (χ1v) is 8.08. The molecule has 0 radical (unpaired) electrons. The second-order valence-corrected chi connectivity index (χ2v) is 7.54. The first-order chi connectivity index (χ1) is 8.55. The van der Waals surface area contributed by atoms with Gasteiger partial charge in [-0.25, -0.2) is 4.39 Å². The zero-order chi connectivity index (χ0) is 13.2. The molecule has 1 aromatic rings. The molecule has 1 aromatic carbocycles. The number of benzene rings is 1.